The van der Waals surface area contributed by atoms with Crippen molar-refractivity contribution in [3.05, 3.63) is 34.6 Å². The van der Waals surface area contributed by atoms with Crippen molar-refractivity contribution in [3.63, 3.8) is 0 Å². The molecule has 0 radical (unpaired) electrons. The SMILES string of the molecule is Fc1cc(Cl)cc(C(Br)C(F)(F)F)c1. The maximum absolute atomic E-state index is 12.7. The van der Waals surface area contributed by atoms with Crippen molar-refractivity contribution in [2.45, 2.75) is 11.0 Å². The predicted molar refractivity (Wildman–Crippen MR) is 49.1 cm³/mol. The summed E-state index contributed by atoms with van der Waals surface area (Å²) in [6.45, 7) is 0. The van der Waals surface area contributed by atoms with Crippen LogP contribution in [0, 0.1) is 5.82 Å². The van der Waals surface area contributed by atoms with Crippen LogP contribution in [0.25, 0.3) is 0 Å². The molecular weight excluding hydrogens is 287 g/mol. The molecule has 0 bridgehead atoms. The average Bonchev–Trinajstić information content (AvgIpc) is 1.99. The average molecular weight is 291 g/mol. The molecule has 0 nitrogen and oxygen atoms in total. The van der Waals surface area contributed by atoms with Gasteiger partial charge in [-0.2, -0.15) is 13.2 Å². The van der Waals surface area contributed by atoms with Crippen LogP contribution in [0.2, 0.25) is 5.02 Å². The first-order valence-electron chi connectivity index (χ1n) is 3.47. The molecule has 1 rings (SSSR count). The van der Waals surface area contributed by atoms with Gasteiger partial charge < -0.3 is 0 Å². The van der Waals surface area contributed by atoms with Crippen LogP contribution in [0.4, 0.5) is 17.6 Å². The second-order valence-corrected chi connectivity index (χ2v) is 3.96. The summed E-state index contributed by atoms with van der Waals surface area (Å²) in [7, 11) is 0. The number of hydrogen-bond acceptors (Lipinski definition) is 0. The quantitative estimate of drug-likeness (QED) is 0.529. The lowest BCUT2D eigenvalue weighted by Crippen LogP contribution is -2.15. The van der Waals surface area contributed by atoms with Gasteiger partial charge in [-0.15, -0.1) is 0 Å². The van der Waals surface area contributed by atoms with Gasteiger partial charge in [0.2, 0.25) is 0 Å². The van der Waals surface area contributed by atoms with E-state index in [2.05, 4.69) is 15.9 Å². The van der Waals surface area contributed by atoms with E-state index >= 15 is 0 Å². The molecule has 0 saturated heterocycles. The zero-order valence-corrected chi connectivity index (χ0v) is 8.92. The zero-order chi connectivity index (χ0) is 10.9. The third-order valence-electron chi connectivity index (χ3n) is 1.46. The van der Waals surface area contributed by atoms with Crippen molar-refractivity contribution in [1.82, 2.24) is 0 Å². The lowest BCUT2D eigenvalue weighted by molar-refractivity contribution is -0.128. The summed E-state index contributed by atoms with van der Waals surface area (Å²) in [4.78, 5) is -1.90. The Morgan fingerprint density at radius 2 is 1.79 bits per heavy atom. The van der Waals surface area contributed by atoms with Gasteiger partial charge in [0.05, 0.1) is 0 Å². The fraction of sp³-hybridized carbons (Fsp3) is 0.250. The smallest absolute Gasteiger partial charge is 0.207 e. The standard InChI is InChI=1S/C8H4BrClF4/c9-7(8(12,13)14)4-1-5(10)3-6(11)2-4/h1-3,7H. The van der Waals surface area contributed by atoms with E-state index in [-0.39, 0.29) is 10.6 Å². The highest BCUT2D eigenvalue weighted by Crippen LogP contribution is 2.40. The molecule has 6 heteroatoms. The second-order valence-electron chi connectivity index (χ2n) is 2.61. The molecule has 0 amide bonds. The highest BCUT2D eigenvalue weighted by atomic mass is 79.9. The van der Waals surface area contributed by atoms with E-state index < -0.39 is 16.8 Å². The van der Waals surface area contributed by atoms with E-state index in [1.54, 1.807) is 0 Å². The second kappa shape index (κ2) is 4.06. The molecule has 0 aromatic heterocycles. The van der Waals surface area contributed by atoms with E-state index in [0.717, 1.165) is 18.2 Å². The highest BCUT2D eigenvalue weighted by Gasteiger charge is 2.39. The molecule has 78 valence electrons. The Morgan fingerprint density at radius 3 is 2.21 bits per heavy atom. The lowest BCUT2D eigenvalue weighted by atomic mass is 10.1. The van der Waals surface area contributed by atoms with Crippen LogP contribution in [-0.4, -0.2) is 6.18 Å². The van der Waals surface area contributed by atoms with E-state index in [1.165, 1.54) is 0 Å². The van der Waals surface area contributed by atoms with Crippen molar-refractivity contribution in [2.24, 2.45) is 0 Å². The highest BCUT2D eigenvalue weighted by molar-refractivity contribution is 9.09. The summed E-state index contributed by atoms with van der Waals surface area (Å²) < 4.78 is 49.3. The van der Waals surface area contributed by atoms with Gasteiger partial charge in [0.1, 0.15) is 10.6 Å². The molecule has 0 aliphatic carbocycles. The van der Waals surface area contributed by atoms with Gasteiger partial charge in [-0.3, -0.25) is 0 Å². The summed E-state index contributed by atoms with van der Waals surface area (Å²) in [5.41, 5.74) is -0.248. The number of halogens is 6. The molecule has 1 unspecified atom stereocenters. The fourth-order valence-electron chi connectivity index (χ4n) is 0.910. The molecule has 0 saturated carbocycles. The van der Waals surface area contributed by atoms with Gasteiger partial charge in [0.25, 0.3) is 0 Å². The van der Waals surface area contributed by atoms with Crippen LogP contribution >= 0.6 is 27.5 Å². The number of hydrogen-bond donors (Lipinski definition) is 0. The molecule has 0 heterocycles. The molecule has 1 atom stereocenters. The van der Waals surface area contributed by atoms with E-state index in [9.17, 15) is 17.6 Å². The first kappa shape index (κ1) is 11.8. The number of alkyl halides is 4. The maximum Gasteiger partial charge on any atom is 0.405 e. The molecule has 1 aromatic rings. The summed E-state index contributed by atoms with van der Waals surface area (Å²) in [5.74, 6) is -0.791. The Bertz CT molecular complexity index is 316. The van der Waals surface area contributed by atoms with Crippen LogP contribution < -0.4 is 0 Å². The van der Waals surface area contributed by atoms with Crippen LogP contribution in [0.3, 0.4) is 0 Å². The molecule has 1 aromatic carbocycles. The molecular formula is C8H4BrClF4. The van der Waals surface area contributed by atoms with Crippen molar-refractivity contribution in [1.29, 1.82) is 0 Å². The van der Waals surface area contributed by atoms with Gasteiger partial charge in [-0.25, -0.2) is 4.39 Å². The topological polar surface area (TPSA) is 0 Å². The number of benzene rings is 1. The minimum absolute atomic E-state index is 0.0614. The van der Waals surface area contributed by atoms with Crippen molar-refractivity contribution in [2.75, 3.05) is 0 Å². The first-order valence-corrected chi connectivity index (χ1v) is 4.77. The Morgan fingerprint density at radius 1 is 1.21 bits per heavy atom. The molecule has 14 heavy (non-hydrogen) atoms. The zero-order valence-electron chi connectivity index (χ0n) is 6.58. The Hall–Kier alpha value is -0.290. The van der Waals surface area contributed by atoms with Crippen molar-refractivity contribution >= 4 is 27.5 Å². The summed E-state index contributed by atoms with van der Waals surface area (Å²) in [6.07, 6.45) is -4.46. The normalized spacial score (nSPS) is 14.1. The summed E-state index contributed by atoms with van der Waals surface area (Å²) in [6, 6.07) is 2.80. The van der Waals surface area contributed by atoms with Gasteiger partial charge in [0, 0.05) is 5.02 Å². The Labute approximate surface area is 91.0 Å². The first-order chi connectivity index (χ1) is 6.30. The van der Waals surface area contributed by atoms with Crippen LogP contribution in [-0.2, 0) is 0 Å². The molecule has 0 spiro atoms. The lowest BCUT2D eigenvalue weighted by Gasteiger charge is -2.14. The van der Waals surface area contributed by atoms with E-state index in [0.29, 0.717) is 0 Å². The third kappa shape index (κ3) is 2.85. The predicted octanol–water partition coefficient (Wildman–Crippen LogP) is 4.48. The Kier molecular flexibility index (Phi) is 3.42. The van der Waals surface area contributed by atoms with Gasteiger partial charge in [0.15, 0.2) is 0 Å². The fourth-order valence-corrected chi connectivity index (χ4v) is 1.41. The minimum atomic E-state index is -4.46. The summed E-state index contributed by atoms with van der Waals surface area (Å²) >= 11 is 7.84. The van der Waals surface area contributed by atoms with Gasteiger partial charge in [-0.05, 0) is 23.8 Å². The van der Waals surface area contributed by atoms with Crippen LogP contribution in [0.15, 0.2) is 18.2 Å². The summed E-state index contributed by atoms with van der Waals surface area (Å²) in [5, 5.41) is -0.0614. The van der Waals surface area contributed by atoms with E-state index in [1.807, 2.05) is 0 Å². The van der Waals surface area contributed by atoms with E-state index in [4.69, 9.17) is 11.6 Å². The maximum atomic E-state index is 12.7. The van der Waals surface area contributed by atoms with Gasteiger partial charge in [-0.1, -0.05) is 27.5 Å². The number of rotatable bonds is 1. The van der Waals surface area contributed by atoms with Crippen molar-refractivity contribution < 1.29 is 17.6 Å². The largest absolute Gasteiger partial charge is 0.405 e. The Balaban J connectivity index is 3.07. The molecule has 0 aliphatic rings. The molecule has 0 N–H and O–H groups in total. The minimum Gasteiger partial charge on any atom is -0.207 e. The molecule has 0 aliphatic heterocycles. The monoisotopic (exact) mass is 290 g/mol. The third-order valence-corrected chi connectivity index (χ3v) is 2.73. The van der Waals surface area contributed by atoms with Gasteiger partial charge >= 0.3 is 6.18 Å². The van der Waals surface area contributed by atoms with Crippen LogP contribution in [0.5, 0.6) is 0 Å². The molecule has 0 fully saturated rings. The van der Waals surface area contributed by atoms with Crippen molar-refractivity contribution in [3.8, 4) is 0 Å². The van der Waals surface area contributed by atoms with Crippen LogP contribution in [0.1, 0.15) is 10.4 Å².